The van der Waals surface area contributed by atoms with Crippen molar-refractivity contribution in [2.45, 2.75) is 6.92 Å². The smallest absolute Gasteiger partial charge is 0.244 e. The Bertz CT molecular complexity index is 365. The molecule has 0 aliphatic heterocycles. The van der Waals surface area contributed by atoms with Gasteiger partial charge in [0, 0.05) is 12.6 Å². The Labute approximate surface area is 90.3 Å². The molecule has 1 aromatic carbocycles. The summed E-state index contributed by atoms with van der Waals surface area (Å²) in [5.41, 5.74) is 1.96. The predicted molar refractivity (Wildman–Crippen MR) is 63.3 cm³/mol. The topological polar surface area (TPSA) is 29.1 Å². The van der Waals surface area contributed by atoms with Crippen LogP contribution in [-0.4, -0.2) is 12.5 Å². The summed E-state index contributed by atoms with van der Waals surface area (Å²) in [4.78, 5) is 11.3. The number of nitrogens with one attached hydrogen (secondary N) is 1. The van der Waals surface area contributed by atoms with Crippen LogP contribution in [-0.2, 0) is 4.79 Å². The number of benzene rings is 1. The Balaban J connectivity index is 2.44. The standard InChI is InChI=1S/C13H15NO/c1-11(2)10-14-13(15)9-8-12-6-4-3-5-7-12/h3-9H,1,10H2,2H3,(H,14,15)/b9-8+. The fourth-order valence-corrected chi connectivity index (χ4v) is 1.03. The summed E-state index contributed by atoms with van der Waals surface area (Å²) in [6.45, 7) is 6.11. The second kappa shape index (κ2) is 5.81. The van der Waals surface area contributed by atoms with Crippen LogP contribution in [0.15, 0.2) is 48.6 Å². The highest BCUT2D eigenvalue weighted by molar-refractivity contribution is 5.91. The maximum atomic E-state index is 11.3. The third kappa shape index (κ3) is 4.81. The van der Waals surface area contributed by atoms with Crippen molar-refractivity contribution in [2.75, 3.05) is 6.54 Å². The predicted octanol–water partition coefficient (Wildman–Crippen LogP) is 2.39. The van der Waals surface area contributed by atoms with Gasteiger partial charge in [-0.2, -0.15) is 0 Å². The molecule has 0 aromatic heterocycles. The lowest BCUT2D eigenvalue weighted by Gasteiger charge is -1.99. The minimum atomic E-state index is -0.0955. The Hall–Kier alpha value is -1.83. The van der Waals surface area contributed by atoms with Gasteiger partial charge in [0.1, 0.15) is 0 Å². The maximum Gasteiger partial charge on any atom is 0.244 e. The van der Waals surface area contributed by atoms with Crippen molar-refractivity contribution < 1.29 is 4.79 Å². The quantitative estimate of drug-likeness (QED) is 0.588. The highest BCUT2D eigenvalue weighted by Gasteiger charge is 1.93. The molecular weight excluding hydrogens is 186 g/mol. The van der Waals surface area contributed by atoms with Crippen molar-refractivity contribution in [1.29, 1.82) is 0 Å². The molecule has 0 saturated heterocycles. The van der Waals surface area contributed by atoms with E-state index < -0.39 is 0 Å². The van der Waals surface area contributed by atoms with Crippen LogP contribution in [0.1, 0.15) is 12.5 Å². The van der Waals surface area contributed by atoms with Crippen LogP contribution in [0.4, 0.5) is 0 Å². The van der Waals surface area contributed by atoms with Gasteiger partial charge < -0.3 is 5.32 Å². The van der Waals surface area contributed by atoms with Crippen LogP contribution < -0.4 is 5.32 Å². The van der Waals surface area contributed by atoms with Crippen molar-refractivity contribution in [1.82, 2.24) is 5.32 Å². The van der Waals surface area contributed by atoms with E-state index in [1.54, 1.807) is 6.08 Å². The van der Waals surface area contributed by atoms with E-state index in [-0.39, 0.29) is 5.91 Å². The van der Waals surface area contributed by atoms with Crippen LogP contribution in [0, 0.1) is 0 Å². The summed E-state index contributed by atoms with van der Waals surface area (Å²) in [5.74, 6) is -0.0955. The molecule has 78 valence electrons. The Morgan fingerprint density at radius 3 is 2.67 bits per heavy atom. The first-order valence-corrected chi connectivity index (χ1v) is 4.84. The summed E-state index contributed by atoms with van der Waals surface area (Å²) in [6, 6.07) is 9.71. The SMILES string of the molecule is C=C(C)CNC(=O)/C=C/c1ccccc1. The summed E-state index contributed by atoms with van der Waals surface area (Å²) in [5, 5.41) is 2.73. The minimum Gasteiger partial charge on any atom is -0.349 e. The van der Waals surface area contributed by atoms with Crippen molar-refractivity contribution in [3.05, 3.63) is 54.1 Å². The number of rotatable bonds is 4. The fraction of sp³-hybridized carbons (Fsp3) is 0.154. The first-order chi connectivity index (χ1) is 7.18. The lowest BCUT2D eigenvalue weighted by atomic mass is 10.2. The van der Waals surface area contributed by atoms with Crippen molar-refractivity contribution in [2.24, 2.45) is 0 Å². The van der Waals surface area contributed by atoms with Crippen LogP contribution in [0.2, 0.25) is 0 Å². The lowest BCUT2D eigenvalue weighted by Crippen LogP contribution is -2.22. The molecule has 0 aliphatic rings. The van der Waals surface area contributed by atoms with Crippen LogP contribution >= 0.6 is 0 Å². The molecule has 0 atom stereocenters. The molecule has 0 radical (unpaired) electrons. The van der Waals surface area contributed by atoms with E-state index in [0.717, 1.165) is 11.1 Å². The number of hydrogen-bond donors (Lipinski definition) is 1. The van der Waals surface area contributed by atoms with Crippen LogP contribution in [0.25, 0.3) is 6.08 Å². The van der Waals surface area contributed by atoms with Gasteiger partial charge in [0.25, 0.3) is 0 Å². The molecule has 2 nitrogen and oxygen atoms in total. The van der Waals surface area contributed by atoms with Crippen molar-refractivity contribution in [3.63, 3.8) is 0 Å². The second-order valence-corrected chi connectivity index (χ2v) is 3.42. The van der Waals surface area contributed by atoms with Crippen LogP contribution in [0.3, 0.4) is 0 Å². The number of amides is 1. The maximum absolute atomic E-state index is 11.3. The first-order valence-electron chi connectivity index (χ1n) is 4.84. The number of carbonyl (C=O) groups excluding carboxylic acids is 1. The van der Waals surface area contributed by atoms with Gasteiger partial charge in [-0.1, -0.05) is 42.5 Å². The molecule has 0 aliphatic carbocycles. The second-order valence-electron chi connectivity index (χ2n) is 3.42. The highest BCUT2D eigenvalue weighted by Crippen LogP contribution is 2.00. The molecule has 1 rings (SSSR count). The third-order valence-corrected chi connectivity index (χ3v) is 1.79. The zero-order valence-corrected chi connectivity index (χ0v) is 8.86. The number of hydrogen-bond acceptors (Lipinski definition) is 1. The lowest BCUT2D eigenvalue weighted by molar-refractivity contribution is -0.116. The average molecular weight is 201 g/mol. The summed E-state index contributed by atoms with van der Waals surface area (Å²) in [7, 11) is 0. The van der Waals surface area contributed by atoms with Gasteiger partial charge in [0.05, 0.1) is 0 Å². The van der Waals surface area contributed by atoms with E-state index in [1.807, 2.05) is 37.3 Å². The molecule has 0 saturated carbocycles. The van der Waals surface area contributed by atoms with Gasteiger partial charge >= 0.3 is 0 Å². The van der Waals surface area contributed by atoms with Crippen molar-refractivity contribution in [3.8, 4) is 0 Å². The summed E-state index contributed by atoms with van der Waals surface area (Å²) < 4.78 is 0. The molecule has 0 spiro atoms. The molecular formula is C13H15NO. The highest BCUT2D eigenvalue weighted by atomic mass is 16.1. The van der Waals surface area contributed by atoms with E-state index >= 15 is 0 Å². The molecule has 0 bridgehead atoms. The molecule has 1 aromatic rings. The third-order valence-electron chi connectivity index (χ3n) is 1.79. The van der Waals surface area contributed by atoms with E-state index in [0.29, 0.717) is 6.54 Å². The summed E-state index contributed by atoms with van der Waals surface area (Å²) >= 11 is 0. The minimum absolute atomic E-state index is 0.0955. The van der Waals surface area contributed by atoms with Gasteiger partial charge in [-0.15, -0.1) is 0 Å². The Morgan fingerprint density at radius 2 is 2.07 bits per heavy atom. The van der Waals surface area contributed by atoms with Gasteiger partial charge in [0.15, 0.2) is 0 Å². The molecule has 0 unspecified atom stereocenters. The monoisotopic (exact) mass is 201 g/mol. The Morgan fingerprint density at radius 1 is 1.40 bits per heavy atom. The largest absolute Gasteiger partial charge is 0.349 e. The van der Waals surface area contributed by atoms with E-state index in [2.05, 4.69) is 11.9 Å². The number of carbonyl (C=O) groups is 1. The van der Waals surface area contributed by atoms with Gasteiger partial charge in [-0.3, -0.25) is 4.79 Å². The molecule has 1 N–H and O–H groups in total. The van der Waals surface area contributed by atoms with E-state index in [9.17, 15) is 4.79 Å². The molecule has 1 amide bonds. The van der Waals surface area contributed by atoms with Crippen LogP contribution in [0.5, 0.6) is 0 Å². The molecule has 0 heterocycles. The van der Waals surface area contributed by atoms with Gasteiger partial charge in [-0.05, 0) is 18.6 Å². The normalized spacial score (nSPS) is 10.2. The zero-order chi connectivity index (χ0) is 11.1. The van der Waals surface area contributed by atoms with E-state index in [1.165, 1.54) is 6.08 Å². The average Bonchev–Trinajstić information content (AvgIpc) is 2.25. The Kier molecular flexibility index (Phi) is 4.35. The van der Waals surface area contributed by atoms with E-state index in [4.69, 9.17) is 0 Å². The van der Waals surface area contributed by atoms with Crippen molar-refractivity contribution >= 4 is 12.0 Å². The summed E-state index contributed by atoms with van der Waals surface area (Å²) in [6.07, 6.45) is 3.31. The van der Waals surface area contributed by atoms with Gasteiger partial charge in [-0.25, -0.2) is 0 Å². The first kappa shape index (κ1) is 11.2. The zero-order valence-electron chi connectivity index (χ0n) is 8.86. The molecule has 15 heavy (non-hydrogen) atoms. The van der Waals surface area contributed by atoms with Gasteiger partial charge in [0.2, 0.25) is 5.91 Å². The molecule has 0 fully saturated rings. The molecule has 2 heteroatoms. The fourth-order valence-electron chi connectivity index (χ4n) is 1.03.